The quantitative estimate of drug-likeness (QED) is 0.813. The summed E-state index contributed by atoms with van der Waals surface area (Å²) in [5, 5.41) is 3.24. The van der Waals surface area contributed by atoms with Gasteiger partial charge >= 0.3 is 5.97 Å². The van der Waals surface area contributed by atoms with Crippen LogP contribution in [0.5, 0.6) is 0 Å². The molecule has 0 aliphatic heterocycles. The summed E-state index contributed by atoms with van der Waals surface area (Å²) in [6, 6.07) is 3.86. The van der Waals surface area contributed by atoms with Crippen molar-refractivity contribution in [3.63, 3.8) is 0 Å². The number of rotatable bonds is 6. The zero-order valence-corrected chi connectivity index (χ0v) is 11.7. The number of pyridine rings is 1. The van der Waals surface area contributed by atoms with Crippen molar-refractivity contribution in [3.8, 4) is 0 Å². The van der Waals surface area contributed by atoms with Crippen molar-refractivity contribution in [1.29, 1.82) is 0 Å². The Hall–Kier alpha value is -2.24. The molecule has 0 aliphatic carbocycles. The van der Waals surface area contributed by atoms with Gasteiger partial charge in [0.25, 0.3) is 0 Å². The highest BCUT2D eigenvalue weighted by molar-refractivity contribution is 5.71. The van der Waals surface area contributed by atoms with Crippen LogP contribution in [0.25, 0.3) is 11.2 Å². The van der Waals surface area contributed by atoms with Crippen LogP contribution >= 0.6 is 0 Å². The molecule has 20 heavy (non-hydrogen) atoms. The van der Waals surface area contributed by atoms with Crippen molar-refractivity contribution >= 4 is 23.0 Å². The number of ether oxygens (including phenoxy) is 1. The molecule has 0 radical (unpaired) electrons. The molecule has 2 heterocycles. The maximum Gasteiger partial charge on any atom is 0.305 e. The van der Waals surface area contributed by atoms with Crippen LogP contribution in [-0.2, 0) is 9.53 Å². The molecule has 1 atom stereocenters. The van der Waals surface area contributed by atoms with Crippen molar-refractivity contribution in [2.45, 2.75) is 32.7 Å². The Labute approximate surface area is 117 Å². The molecule has 0 spiro atoms. The Bertz CT molecular complexity index is 588. The van der Waals surface area contributed by atoms with E-state index in [1.807, 2.05) is 19.1 Å². The number of nitrogens with one attached hydrogen (secondary N) is 1. The molecule has 2 rings (SSSR count). The molecule has 0 bridgehead atoms. The predicted molar refractivity (Wildman–Crippen MR) is 76.3 cm³/mol. The summed E-state index contributed by atoms with van der Waals surface area (Å²) in [5.41, 5.74) is 1.37. The molecule has 6 heteroatoms. The van der Waals surface area contributed by atoms with Crippen LogP contribution in [0.1, 0.15) is 26.7 Å². The standard InChI is InChI=1S/C14H18N4O2/c1-3-20-13(19)7-4-10(2)17-12-6-5-11-14(18-12)16-9-8-15-11/h5-6,8-10H,3-4,7H2,1-2H3,(H,16,17,18). The summed E-state index contributed by atoms with van der Waals surface area (Å²) in [5.74, 6) is 0.563. The smallest absolute Gasteiger partial charge is 0.305 e. The third-order valence-corrected chi connectivity index (χ3v) is 2.81. The minimum Gasteiger partial charge on any atom is -0.466 e. The second-order valence-corrected chi connectivity index (χ2v) is 4.48. The molecule has 0 amide bonds. The molecule has 0 aliphatic rings. The first-order chi connectivity index (χ1) is 9.69. The summed E-state index contributed by atoms with van der Waals surface area (Å²) in [7, 11) is 0. The number of nitrogens with zero attached hydrogens (tertiary/aromatic N) is 3. The lowest BCUT2D eigenvalue weighted by atomic mass is 10.2. The molecule has 6 nitrogen and oxygen atoms in total. The van der Waals surface area contributed by atoms with Gasteiger partial charge in [-0.1, -0.05) is 0 Å². The lowest BCUT2D eigenvalue weighted by Gasteiger charge is -2.14. The number of hydrogen-bond donors (Lipinski definition) is 1. The van der Waals surface area contributed by atoms with E-state index in [-0.39, 0.29) is 12.0 Å². The largest absolute Gasteiger partial charge is 0.466 e. The second kappa shape index (κ2) is 6.79. The normalized spacial score (nSPS) is 12.1. The molecule has 0 aromatic carbocycles. The van der Waals surface area contributed by atoms with Crippen molar-refractivity contribution in [1.82, 2.24) is 15.0 Å². The molecule has 0 saturated heterocycles. The van der Waals surface area contributed by atoms with Crippen LogP contribution in [0.4, 0.5) is 5.82 Å². The zero-order valence-electron chi connectivity index (χ0n) is 11.7. The van der Waals surface area contributed by atoms with Crippen LogP contribution in [0.2, 0.25) is 0 Å². The van der Waals surface area contributed by atoms with Gasteiger partial charge in [-0.25, -0.2) is 9.97 Å². The van der Waals surface area contributed by atoms with Gasteiger partial charge in [-0.05, 0) is 32.4 Å². The third-order valence-electron chi connectivity index (χ3n) is 2.81. The summed E-state index contributed by atoms with van der Waals surface area (Å²) in [4.78, 5) is 24.0. The Balaban J connectivity index is 1.92. The first-order valence-electron chi connectivity index (χ1n) is 6.69. The molecule has 1 N–H and O–H groups in total. The molecule has 0 fully saturated rings. The first kappa shape index (κ1) is 14.2. The van der Waals surface area contributed by atoms with E-state index in [9.17, 15) is 4.79 Å². The van der Waals surface area contributed by atoms with Gasteiger partial charge in [0.1, 0.15) is 11.3 Å². The number of anilines is 1. The number of carbonyl (C=O) groups excluding carboxylic acids is 1. The van der Waals surface area contributed by atoms with Gasteiger partial charge in [0.2, 0.25) is 0 Å². The highest BCUT2D eigenvalue weighted by Crippen LogP contribution is 2.12. The van der Waals surface area contributed by atoms with Gasteiger partial charge < -0.3 is 10.1 Å². The fourth-order valence-electron chi connectivity index (χ4n) is 1.83. The molecule has 2 aromatic rings. The number of aromatic nitrogens is 3. The predicted octanol–water partition coefficient (Wildman–Crippen LogP) is 2.17. The monoisotopic (exact) mass is 274 g/mol. The topological polar surface area (TPSA) is 77.0 Å². The van der Waals surface area contributed by atoms with Gasteiger partial charge in [0.05, 0.1) is 6.61 Å². The Kier molecular flexibility index (Phi) is 4.81. The molecular formula is C14H18N4O2. The number of carbonyl (C=O) groups is 1. The zero-order chi connectivity index (χ0) is 14.4. The van der Waals surface area contributed by atoms with Gasteiger partial charge in [-0.3, -0.25) is 9.78 Å². The summed E-state index contributed by atoms with van der Waals surface area (Å²) < 4.78 is 4.90. The van der Waals surface area contributed by atoms with E-state index < -0.39 is 0 Å². The van der Waals surface area contributed by atoms with E-state index in [1.54, 1.807) is 19.3 Å². The van der Waals surface area contributed by atoms with Crippen molar-refractivity contribution in [3.05, 3.63) is 24.5 Å². The average Bonchev–Trinajstić information content (AvgIpc) is 2.45. The molecule has 2 aromatic heterocycles. The van der Waals surface area contributed by atoms with Crippen LogP contribution in [0, 0.1) is 0 Å². The Morgan fingerprint density at radius 1 is 1.35 bits per heavy atom. The lowest BCUT2D eigenvalue weighted by Crippen LogP contribution is -2.18. The van der Waals surface area contributed by atoms with E-state index in [0.29, 0.717) is 25.1 Å². The van der Waals surface area contributed by atoms with Crippen LogP contribution in [0.3, 0.4) is 0 Å². The minimum absolute atomic E-state index is 0.126. The van der Waals surface area contributed by atoms with E-state index in [4.69, 9.17) is 4.74 Å². The molecular weight excluding hydrogens is 256 g/mol. The van der Waals surface area contributed by atoms with Crippen molar-refractivity contribution in [2.75, 3.05) is 11.9 Å². The van der Waals surface area contributed by atoms with Crippen LogP contribution in [0.15, 0.2) is 24.5 Å². The van der Waals surface area contributed by atoms with Gasteiger partial charge in [-0.2, -0.15) is 0 Å². The molecule has 0 saturated carbocycles. The number of hydrogen-bond acceptors (Lipinski definition) is 6. The fourth-order valence-corrected chi connectivity index (χ4v) is 1.83. The van der Waals surface area contributed by atoms with Crippen molar-refractivity contribution < 1.29 is 9.53 Å². The highest BCUT2D eigenvalue weighted by Gasteiger charge is 2.08. The number of esters is 1. The molecule has 106 valence electrons. The van der Waals surface area contributed by atoms with E-state index in [0.717, 1.165) is 11.3 Å². The molecule has 1 unspecified atom stereocenters. The fraction of sp³-hybridized carbons (Fsp3) is 0.429. The van der Waals surface area contributed by atoms with Gasteiger partial charge in [0.15, 0.2) is 5.65 Å². The van der Waals surface area contributed by atoms with Crippen LogP contribution < -0.4 is 5.32 Å². The highest BCUT2D eigenvalue weighted by atomic mass is 16.5. The van der Waals surface area contributed by atoms with E-state index >= 15 is 0 Å². The van der Waals surface area contributed by atoms with Gasteiger partial charge in [-0.15, -0.1) is 0 Å². The Morgan fingerprint density at radius 2 is 2.15 bits per heavy atom. The average molecular weight is 274 g/mol. The van der Waals surface area contributed by atoms with Crippen molar-refractivity contribution in [2.24, 2.45) is 0 Å². The maximum atomic E-state index is 11.3. The maximum absolute atomic E-state index is 11.3. The Morgan fingerprint density at radius 3 is 2.95 bits per heavy atom. The van der Waals surface area contributed by atoms with Crippen LogP contribution in [-0.4, -0.2) is 33.6 Å². The summed E-state index contributed by atoms with van der Waals surface area (Å²) in [6.07, 6.45) is 4.34. The first-order valence-corrected chi connectivity index (χ1v) is 6.69. The summed E-state index contributed by atoms with van der Waals surface area (Å²) >= 11 is 0. The van der Waals surface area contributed by atoms with E-state index in [2.05, 4.69) is 20.3 Å². The third kappa shape index (κ3) is 3.88. The lowest BCUT2D eigenvalue weighted by molar-refractivity contribution is -0.143. The number of fused-ring (bicyclic) bond motifs is 1. The summed E-state index contributed by atoms with van der Waals surface area (Å²) in [6.45, 7) is 4.23. The van der Waals surface area contributed by atoms with E-state index in [1.165, 1.54) is 0 Å². The second-order valence-electron chi connectivity index (χ2n) is 4.48. The van der Waals surface area contributed by atoms with Gasteiger partial charge in [0, 0.05) is 24.9 Å². The SMILES string of the molecule is CCOC(=O)CCC(C)Nc1ccc2nccnc2n1. The minimum atomic E-state index is -0.168.